The van der Waals surface area contributed by atoms with Crippen LogP contribution in [0.25, 0.3) is 0 Å². The van der Waals surface area contributed by atoms with Gasteiger partial charge in [-0.3, -0.25) is 0 Å². The minimum absolute atomic E-state index is 0. The molecule has 1 aliphatic carbocycles. The number of hydrazine groups is 1. The van der Waals surface area contributed by atoms with Crippen LogP contribution in [0, 0.1) is 5.41 Å². The summed E-state index contributed by atoms with van der Waals surface area (Å²) in [6, 6.07) is 0. The molecule has 2 fully saturated rings. The van der Waals surface area contributed by atoms with Crippen molar-refractivity contribution in [2.24, 2.45) is 5.41 Å². The number of nitrogens with zero attached hydrogens (tertiary/aromatic N) is 2. The summed E-state index contributed by atoms with van der Waals surface area (Å²) in [5.41, 5.74) is 0.755. The molecule has 0 aromatic rings. The number of hydrogen-bond acceptors (Lipinski definition) is 2. The van der Waals surface area contributed by atoms with E-state index in [0.29, 0.717) is 0 Å². The first-order chi connectivity index (χ1) is 6.72. The molecule has 0 atom stereocenters. The van der Waals surface area contributed by atoms with Crippen LogP contribution in [-0.4, -0.2) is 37.2 Å². The Morgan fingerprint density at radius 3 is 1.87 bits per heavy atom. The molecule has 15 heavy (non-hydrogen) atoms. The van der Waals surface area contributed by atoms with E-state index in [9.17, 15) is 0 Å². The molecule has 0 radical (unpaired) electrons. The van der Waals surface area contributed by atoms with Crippen molar-refractivity contribution in [2.75, 3.05) is 27.2 Å². The molecule has 1 saturated heterocycles. The lowest BCUT2D eigenvalue weighted by Gasteiger charge is -2.45. The SMILES string of the molecule is CN(C)N1CCC2(CCCCC2)CC1.Cl. The second-order valence-corrected chi connectivity index (χ2v) is 5.36. The van der Waals surface area contributed by atoms with E-state index in [1.54, 1.807) is 0 Å². The predicted octanol–water partition coefficient (Wildman–Crippen LogP) is 2.93. The van der Waals surface area contributed by atoms with Crippen LogP contribution in [0.1, 0.15) is 44.9 Å². The average molecular weight is 233 g/mol. The first-order valence-corrected chi connectivity index (χ1v) is 6.14. The Morgan fingerprint density at radius 1 is 0.867 bits per heavy atom. The Morgan fingerprint density at radius 2 is 1.40 bits per heavy atom. The maximum absolute atomic E-state index is 2.49. The molecule has 2 nitrogen and oxygen atoms in total. The van der Waals surface area contributed by atoms with E-state index in [2.05, 4.69) is 24.1 Å². The van der Waals surface area contributed by atoms with Gasteiger partial charge in [0.2, 0.25) is 0 Å². The molecule has 0 amide bonds. The standard InChI is InChI=1S/C12H24N2.ClH/c1-13(2)14-10-8-12(9-11-14)6-4-3-5-7-12;/h3-11H2,1-2H3;1H. The van der Waals surface area contributed by atoms with Crippen LogP contribution in [0.3, 0.4) is 0 Å². The third-order valence-corrected chi connectivity index (χ3v) is 4.28. The van der Waals surface area contributed by atoms with Crippen molar-refractivity contribution in [3.05, 3.63) is 0 Å². The summed E-state index contributed by atoms with van der Waals surface area (Å²) in [4.78, 5) is 0. The van der Waals surface area contributed by atoms with Crippen molar-refractivity contribution < 1.29 is 0 Å². The van der Waals surface area contributed by atoms with Crippen LogP contribution >= 0.6 is 12.4 Å². The van der Waals surface area contributed by atoms with E-state index >= 15 is 0 Å². The molecular weight excluding hydrogens is 208 g/mol. The molecule has 1 heterocycles. The molecule has 1 saturated carbocycles. The van der Waals surface area contributed by atoms with Gasteiger partial charge in [-0.05, 0) is 31.1 Å². The largest absolute Gasteiger partial charge is 0.248 e. The Kier molecular flexibility index (Phi) is 4.88. The smallest absolute Gasteiger partial charge is 0.0138 e. The lowest BCUT2D eigenvalue weighted by Crippen LogP contribution is -2.46. The topological polar surface area (TPSA) is 6.48 Å². The van der Waals surface area contributed by atoms with Crippen LogP contribution < -0.4 is 0 Å². The van der Waals surface area contributed by atoms with Crippen LogP contribution in [0.5, 0.6) is 0 Å². The normalized spacial score (nSPS) is 26.6. The zero-order valence-electron chi connectivity index (χ0n) is 10.2. The van der Waals surface area contributed by atoms with E-state index in [1.807, 2.05) is 0 Å². The minimum atomic E-state index is 0. The lowest BCUT2D eigenvalue weighted by atomic mass is 9.68. The summed E-state index contributed by atoms with van der Waals surface area (Å²) in [7, 11) is 4.33. The van der Waals surface area contributed by atoms with Crippen molar-refractivity contribution in [2.45, 2.75) is 44.9 Å². The van der Waals surface area contributed by atoms with Crippen molar-refractivity contribution in [3.63, 3.8) is 0 Å². The van der Waals surface area contributed by atoms with Crippen molar-refractivity contribution in [1.29, 1.82) is 0 Å². The van der Waals surface area contributed by atoms with Gasteiger partial charge in [-0.25, -0.2) is 10.0 Å². The highest BCUT2D eigenvalue weighted by Crippen LogP contribution is 2.44. The Balaban J connectivity index is 0.00000112. The number of halogens is 1. The molecule has 3 heteroatoms. The lowest BCUT2D eigenvalue weighted by molar-refractivity contribution is -0.0421. The van der Waals surface area contributed by atoms with Crippen molar-refractivity contribution in [3.8, 4) is 0 Å². The summed E-state index contributed by atoms with van der Waals surface area (Å²) in [6.45, 7) is 2.57. The zero-order valence-corrected chi connectivity index (χ0v) is 11.0. The first kappa shape index (κ1) is 13.3. The van der Waals surface area contributed by atoms with E-state index in [0.717, 1.165) is 5.41 Å². The van der Waals surface area contributed by atoms with E-state index in [-0.39, 0.29) is 12.4 Å². The minimum Gasteiger partial charge on any atom is -0.248 e. The Bertz CT molecular complexity index is 178. The van der Waals surface area contributed by atoms with Crippen LogP contribution in [0.4, 0.5) is 0 Å². The monoisotopic (exact) mass is 232 g/mol. The average Bonchev–Trinajstić information content (AvgIpc) is 2.19. The highest BCUT2D eigenvalue weighted by molar-refractivity contribution is 5.85. The van der Waals surface area contributed by atoms with E-state index in [1.165, 1.54) is 58.0 Å². The Hall–Kier alpha value is 0.210. The molecule has 1 spiro atoms. The van der Waals surface area contributed by atoms with Gasteiger partial charge in [-0.1, -0.05) is 19.3 Å². The molecule has 0 bridgehead atoms. The number of rotatable bonds is 1. The fourth-order valence-corrected chi connectivity index (χ4v) is 3.17. The Labute approximate surface area is 100 Å². The summed E-state index contributed by atoms with van der Waals surface area (Å²) in [5, 5.41) is 4.75. The molecular formula is C12H25ClN2. The van der Waals surface area contributed by atoms with Crippen LogP contribution in [0.2, 0.25) is 0 Å². The van der Waals surface area contributed by atoms with Crippen LogP contribution in [0.15, 0.2) is 0 Å². The molecule has 0 aromatic heterocycles. The molecule has 0 N–H and O–H groups in total. The molecule has 1 aliphatic heterocycles. The van der Waals surface area contributed by atoms with Crippen molar-refractivity contribution >= 4 is 12.4 Å². The fourth-order valence-electron chi connectivity index (χ4n) is 3.17. The second kappa shape index (κ2) is 5.51. The van der Waals surface area contributed by atoms with Gasteiger partial charge in [-0.2, -0.15) is 0 Å². The molecule has 2 rings (SSSR count). The van der Waals surface area contributed by atoms with Gasteiger partial charge in [0.15, 0.2) is 0 Å². The zero-order chi connectivity index (χ0) is 10.0. The number of piperidine rings is 1. The van der Waals surface area contributed by atoms with Gasteiger partial charge in [0.05, 0.1) is 0 Å². The summed E-state index contributed by atoms with van der Waals surface area (Å²) in [5.74, 6) is 0. The third kappa shape index (κ3) is 3.08. The maximum Gasteiger partial charge on any atom is 0.0138 e. The quantitative estimate of drug-likeness (QED) is 0.686. The third-order valence-electron chi connectivity index (χ3n) is 4.28. The van der Waals surface area contributed by atoms with E-state index in [4.69, 9.17) is 0 Å². The second-order valence-electron chi connectivity index (χ2n) is 5.36. The molecule has 90 valence electrons. The first-order valence-electron chi connectivity index (χ1n) is 6.14. The van der Waals surface area contributed by atoms with Crippen LogP contribution in [-0.2, 0) is 0 Å². The van der Waals surface area contributed by atoms with Gasteiger partial charge in [-0.15, -0.1) is 12.4 Å². The van der Waals surface area contributed by atoms with Crippen molar-refractivity contribution in [1.82, 2.24) is 10.0 Å². The van der Waals surface area contributed by atoms with Gasteiger partial charge >= 0.3 is 0 Å². The summed E-state index contributed by atoms with van der Waals surface area (Å²) < 4.78 is 0. The molecule has 0 aromatic carbocycles. The predicted molar refractivity (Wildman–Crippen MR) is 67.3 cm³/mol. The van der Waals surface area contributed by atoms with Gasteiger partial charge < -0.3 is 0 Å². The molecule has 0 unspecified atom stereocenters. The number of hydrogen-bond donors (Lipinski definition) is 0. The summed E-state index contributed by atoms with van der Waals surface area (Å²) >= 11 is 0. The van der Waals surface area contributed by atoms with Gasteiger partial charge in [0.1, 0.15) is 0 Å². The highest BCUT2D eigenvalue weighted by Gasteiger charge is 2.35. The fraction of sp³-hybridized carbons (Fsp3) is 1.00. The maximum atomic E-state index is 2.49. The van der Waals surface area contributed by atoms with E-state index < -0.39 is 0 Å². The van der Waals surface area contributed by atoms with Gasteiger partial charge in [0.25, 0.3) is 0 Å². The molecule has 2 aliphatic rings. The highest BCUT2D eigenvalue weighted by atomic mass is 35.5. The summed E-state index contributed by atoms with van der Waals surface area (Å²) in [6.07, 6.45) is 10.3. The van der Waals surface area contributed by atoms with Gasteiger partial charge in [0, 0.05) is 27.2 Å².